The first-order chi connectivity index (χ1) is 7.99. The Kier molecular flexibility index (Phi) is 6.50. The van der Waals surface area contributed by atoms with Crippen LogP contribution in [-0.4, -0.2) is 25.3 Å². The third-order valence-corrected chi connectivity index (χ3v) is 4.04. The second kappa shape index (κ2) is 7.38. The molecule has 1 saturated carbocycles. The van der Waals surface area contributed by atoms with Crippen LogP contribution in [0.5, 0.6) is 0 Å². The van der Waals surface area contributed by atoms with Gasteiger partial charge in [-0.05, 0) is 37.0 Å². The van der Waals surface area contributed by atoms with E-state index < -0.39 is 0 Å². The summed E-state index contributed by atoms with van der Waals surface area (Å²) in [6.07, 6.45) is 4.37. The van der Waals surface area contributed by atoms with E-state index in [4.69, 9.17) is 4.74 Å². The molecule has 0 aromatic heterocycles. The molecule has 0 aromatic rings. The summed E-state index contributed by atoms with van der Waals surface area (Å²) >= 11 is 0. The van der Waals surface area contributed by atoms with E-state index in [0.29, 0.717) is 18.1 Å². The van der Waals surface area contributed by atoms with Gasteiger partial charge >= 0.3 is 0 Å². The van der Waals surface area contributed by atoms with Crippen molar-refractivity contribution in [3.63, 3.8) is 0 Å². The van der Waals surface area contributed by atoms with Crippen LogP contribution in [0.2, 0.25) is 0 Å². The van der Waals surface area contributed by atoms with Crippen LogP contribution in [0.25, 0.3) is 0 Å². The Hall–Kier alpha value is -0.0800. The van der Waals surface area contributed by atoms with Crippen LogP contribution in [0.4, 0.5) is 0 Å². The summed E-state index contributed by atoms with van der Waals surface area (Å²) in [4.78, 5) is 0. The molecule has 0 bridgehead atoms. The van der Waals surface area contributed by atoms with Gasteiger partial charge in [0.2, 0.25) is 0 Å². The molecule has 0 saturated heterocycles. The minimum absolute atomic E-state index is 0.516. The zero-order chi connectivity index (χ0) is 12.8. The van der Waals surface area contributed by atoms with Gasteiger partial charge in [0.25, 0.3) is 0 Å². The first-order valence-electron chi connectivity index (χ1n) is 7.34. The van der Waals surface area contributed by atoms with Gasteiger partial charge < -0.3 is 10.1 Å². The third kappa shape index (κ3) is 5.87. The monoisotopic (exact) mass is 241 g/mol. The highest BCUT2D eigenvalue weighted by atomic mass is 16.5. The zero-order valence-electron chi connectivity index (χ0n) is 12.3. The van der Waals surface area contributed by atoms with Crippen molar-refractivity contribution < 1.29 is 4.74 Å². The SMILES string of the molecule is CC(CNC(C)C)COC1CCC(C)C(C)C1. The zero-order valence-corrected chi connectivity index (χ0v) is 12.3. The van der Waals surface area contributed by atoms with Gasteiger partial charge in [0, 0.05) is 12.6 Å². The summed E-state index contributed by atoms with van der Waals surface area (Å²) in [5.41, 5.74) is 0. The maximum Gasteiger partial charge on any atom is 0.0578 e. The molecule has 0 heterocycles. The van der Waals surface area contributed by atoms with Crippen molar-refractivity contribution in [1.82, 2.24) is 5.32 Å². The second-order valence-electron chi connectivity index (χ2n) is 6.39. The van der Waals surface area contributed by atoms with Gasteiger partial charge in [-0.3, -0.25) is 0 Å². The van der Waals surface area contributed by atoms with Crippen molar-refractivity contribution in [3.8, 4) is 0 Å². The van der Waals surface area contributed by atoms with Crippen LogP contribution in [-0.2, 0) is 4.74 Å². The number of hydrogen-bond acceptors (Lipinski definition) is 2. The van der Waals surface area contributed by atoms with Crippen molar-refractivity contribution in [3.05, 3.63) is 0 Å². The van der Waals surface area contributed by atoms with Gasteiger partial charge in [-0.1, -0.05) is 34.6 Å². The van der Waals surface area contributed by atoms with E-state index in [9.17, 15) is 0 Å². The highest BCUT2D eigenvalue weighted by molar-refractivity contribution is 4.76. The lowest BCUT2D eigenvalue weighted by molar-refractivity contribution is -0.0116. The largest absolute Gasteiger partial charge is 0.378 e. The molecule has 4 unspecified atom stereocenters. The standard InChI is InChI=1S/C15H31NO/c1-11(2)16-9-12(3)10-17-15-7-6-13(4)14(5)8-15/h11-16H,6-10H2,1-5H3. The van der Waals surface area contributed by atoms with Crippen molar-refractivity contribution >= 4 is 0 Å². The third-order valence-electron chi connectivity index (χ3n) is 4.04. The van der Waals surface area contributed by atoms with E-state index >= 15 is 0 Å². The first kappa shape index (κ1) is 15.0. The van der Waals surface area contributed by atoms with Crippen molar-refractivity contribution in [2.45, 2.75) is 66.0 Å². The van der Waals surface area contributed by atoms with Gasteiger partial charge in [0.15, 0.2) is 0 Å². The Balaban J connectivity index is 2.13. The summed E-state index contributed by atoms with van der Waals surface area (Å²) in [5.74, 6) is 2.33. The van der Waals surface area contributed by atoms with Gasteiger partial charge in [0.1, 0.15) is 0 Å². The van der Waals surface area contributed by atoms with Crippen LogP contribution < -0.4 is 5.32 Å². The predicted molar refractivity (Wildman–Crippen MR) is 74.2 cm³/mol. The average Bonchev–Trinajstić information content (AvgIpc) is 2.28. The Labute approximate surface area is 108 Å². The van der Waals surface area contributed by atoms with E-state index in [1.807, 2.05) is 0 Å². The van der Waals surface area contributed by atoms with Gasteiger partial charge in [-0.2, -0.15) is 0 Å². The number of ether oxygens (including phenoxy) is 1. The summed E-state index contributed by atoms with van der Waals surface area (Å²) < 4.78 is 6.06. The molecule has 0 amide bonds. The Bertz CT molecular complexity index is 205. The molecule has 4 atom stereocenters. The maximum absolute atomic E-state index is 6.06. The molecule has 1 aliphatic rings. The fraction of sp³-hybridized carbons (Fsp3) is 1.00. The molecular weight excluding hydrogens is 210 g/mol. The molecule has 102 valence electrons. The lowest BCUT2D eigenvalue weighted by Crippen LogP contribution is -2.32. The molecule has 0 aromatic carbocycles. The Morgan fingerprint density at radius 1 is 1.12 bits per heavy atom. The summed E-state index contributed by atoms with van der Waals surface area (Å²) in [6, 6.07) is 0.577. The molecular formula is C15H31NO. The quantitative estimate of drug-likeness (QED) is 0.769. The molecule has 1 N–H and O–H groups in total. The van der Waals surface area contributed by atoms with Gasteiger partial charge in [-0.25, -0.2) is 0 Å². The van der Waals surface area contributed by atoms with Crippen molar-refractivity contribution in [2.75, 3.05) is 13.2 Å². The van der Waals surface area contributed by atoms with E-state index in [2.05, 4.69) is 39.9 Å². The van der Waals surface area contributed by atoms with Gasteiger partial charge in [-0.15, -0.1) is 0 Å². The van der Waals surface area contributed by atoms with Crippen LogP contribution in [0.1, 0.15) is 53.9 Å². The molecule has 1 rings (SSSR count). The van der Waals surface area contributed by atoms with E-state index in [-0.39, 0.29) is 0 Å². The lowest BCUT2D eigenvalue weighted by Gasteiger charge is -2.32. The minimum atomic E-state index is 0.516. The maximum atomic E-state index is 6.06. The second-order valence-corrected chi connectivity index (χ2v) is 6.39. The number of nitrogens with one attached hydrogen (secondary N) is 1. The molecule has 0 aliphatic heterocycles. The Morgan fingerprint density at radius 2 is 1.82 bits per heavy atom. The molecule has 17 heavy (non-hydrogen) atoms. The van der Waals surface area contributed by atoms with E-state index in [0.717, 1.165) is 25.0 Å². The van der Waals surface area contributed by atoms with Crippen LogP contribution >= 0.6 is 0 Å². The molecule has 0 spiro atoms. The van der Waals surface area contributed by atoms with Gasteiger partial charge in [0.05, 0.1) is 12.7 Å². The highest BCUT2D eigenvalue weighted by Crippen LogP contribution is 2.31. The molecule has 2 nitrogen and oxygen atoms in total. The fourth-order valence-electron chi connectivity index (χ4n) is 2.45. The minimum Gasteiger partial charge on any atom is -0.378 e. The number of hydrogen-bond donors (Lipinski definition) is 1. The summed E-state index contributed by atoms with van der Waals surface area (Å²) in [5, 5.41) is 3.47. The van der Waals surface area contributed by atoms with Crippen LogP contribution in [0.3, 0.4) is 0 Å². The van der Waals surface area contributed by atoms with Crippen molar-refractivity contribution in [1.29, 1.82) is 0 Å². The van der Waals surface area contributed by atoms with E-state index in [1.54, 1.807) is 0 Å². The summed E-state index contributed by atoms with van der Waals surface area (Å²) in [6.45, 7) is 13.4. The first-order valence-corrected chi connectivity index (χ1v) is 7.34. The Morgan fingerprint density at radius 3 is 2.41 bits per heavy atom. The molecule has 2 heteroatoms. The highest BCUT2D eigenvalue weighted by Gasteiger charge is 2.25. The summed E-state index contributed by atoms with van der Waals surface area (Å²) in [7, 11) is 0. The predicted octanol–water partition coefficient (Wildman–Crippen LogP) is 3.46. The number of rotatable bonds is 6. The van der Waals surface area contributed by atoms with E-state index in [1.165, 1.54) is 19.3 Å². The smallest absolute Gasteiger partial charge is 0.0578 e. The van der Waals surface area contributed by atoms with Crippen LogP contribution in [0, 0.1) is 17.8 Å². The average molecular weight is 241 g/mol. The molecule has 0 radical (unpaired) electrons. The molecule has 1 aliphatic carbocycles. The normalized spacial score (nSPS) is 31.8. The lowest BCUT2D eigenvalue weighted by atomic mass is 9.80. The molecule has 1 fully saturated rings. The van der Waals surface area contributed by atoms with Crippen molar-refractivity contribution in [2.24, 2.45) is 17.8 Å². The topological polar surface area (TPSA) is 21.3 Å². The fourth-order valence-corrected chi connectivity index (χ4v) is 2.45. The van der Waals surface area contributed by atoms with Crippen LogP contribution in [0.15, 0.2) is 0 Å².